The van der Waals surface area contributed by atoms with E-state index in [1.54, 1.807) is 12.1 Å². The smallest absolute Gasteiger partial charge is 0.400 e. The lowest BCUT2D eigenvalue weighted by Crippen LogP contribution is -2.43. The van der Waals surface area contributed by atoms with Gasteiger partial charge < -0.3 is 25.4 Å². The van der Waals surface area contributed by atoms with Gasteiger partial charge in [0.05, 0.1) is 18.0 Å². The maximum atomic E-state index is 13.7. The third-order valence-electron chi connectivity index (χ3n) is 6.14. The summed E-state index contributed by atoms with van der Waals surface area (Å²) in [6.07, 6.45) is -5.91. The summed E-state index contributed by atoms with van der Waals surface area (Å²) in [5.74, 6) is -1.26. The standard InChI is InChI=1S/C27H28F3N7O3S/c1-26(2,27(28,29)30)24-36-19(23(41-24)33-13-14-39-3)20(31)40-25(32)37-21-22(38)34-17-12-8-7-11-16(17)18(35-21)15-9-5-4-6-10-15/h4-12,21,31,33H,13-14H2,1-3H3,(H2,32,37)(H,34,38). The zero-order chi connectivity index (χ0) is 29.8. The second kappa shape index (κ2) is 12.1. The quantitative estimate of drug-likeness (QED) is 0.147. The Bertz CT molecular complexity index is 1470. The molecule has 1 unspecified atom stereocenters. The van der Waals surface area contributed by atoms with Crippen molar-refractivity contribution in [3.8, 4) is 0 Å². The highest BCUT2D eigenvalue weighted by atomic mass is 32.1. The van der Waals surface area contributed by atoms with E-state index in [1.165, 1.54) is 7.11 Å². The third-order valence-corrected chi connectivity index (χ3v) is 7.48. The molecule has 0 spiro atoms. The highest BCUT2D eigenvalue weighted by Crippen LogP contribution is 2.44. The minimum Gasteiger partial charge on any atom is -0.405 e. The van der Waals surface area contributed by atoms with Crippen LogP contribution in [0.3, 0.4) is 0 Å². The number of fused-ring (bicyclic) bond motifs is 1. The van der Waals surface area contributed by atoms with Crippen molar-refractivity contribution >= 4 is 45.6 Å². The Hall–Kier alpha value is -4.30. The highest BCUT2D eigenvalue weighted by Gasteiger charge is 2.51. The van der Waals surface area contributed by atoms with Crippen molar-refractivity contribution in [2.75, 3.05) is 30.9 Å². The van der Waals surface area contributed by atoms with Gasteiger partial charge in [-0.25, -0.2) is 9.98 Å². The number of thiazole rings is 1. The van der Waals surface area contributed by atoms with Crippen LogP contribution in [0.15, 0.2) is 59.6 Å². The molecule has 14 heteroatoms. The van der Waals surface area contributed by atoms with E-state index in [1.807, 2.05) is 42.5 Å². The number of carbonyl (C=O) groups excluding carboxylic acids is 1. The minimum atomic E-state index is -4.60. The van der Waals surface area contributed by atoms with E-state index < -0.39 is 35.6 Å². The molecule has 2 aromatic carbocycles. The summed E-state index contributed by atoms with van der Waals surface area (Å²) in [5.41, 5.74) is -0.0867. The molecule has 5 N–H and O–H groups in total. The minimum absolute atomic E-state index is 0.152. The predicted octanol–water partition coefficient (Wildman–Crippen LogP) is 4.72. The van der Waals surface area contributed by atoms with Gasteiger partial charge >= 0.3 is 6.18 Å². The van der Waals surface area contributed by atoms with Crippen molar-refractivity contribution in [1.29, 1.82) is 10.8 Å². The van der Waals surface area contributed by atoms with Gasteiger partial charge in [-0.3, -0.25) is 15.6 Å². The van der Waals surface area contributed by atoms with Gasteiger partial charge in [0.2, 0.25) is 12.1 Å². The second-order valence-corrected chi connectivity index (χ2v) is 10.4. The number of para-hydroxylation sites is 1. The molecule has 1 amide bonds. The number of methoxy groups -OCH3 is 1. The lowest BCUT2D eigenvalue weighted by atomic mass is 9.94. The number of nitrogens with zero attached hydrogens (tertiary/aromatic N) is 2. The van der Waals surface area contributed by atoms with Gasteiger partial charge in [-0.15, -0.1) is 0 Å². The number of rotatable bonds is 8. The van der Waals surface area contributed by atoms with Crippen molar-refractivity contribution in [3.05, 3.63) is 76.4 Å². The number of aromatic nitrogens is 1. The van der Waals surface area contributed by atoms with Gasteiger partial charge in [-0.1, -0.05) is 59.9 Å². The van der Waals surface area contributed by atoms with Crippen LogP contribution in [0.4, 0.5) is 23.9 Å². The molecule has 1 aliphatic rings. The van der Waals surface area contributed by atoms with Gasteiger partial charge in [0.15, 0.2) is 5.69 Å². The van der Waals surface area contributed by atoms with Gasteiger partial charge in [-0.2, -0.15) is 13.2 Å². The summed E-state index contributed by atoms with van der Waals surface area (Å²) >= 11 is 0.733. The molecule has 0 saturated heterocycles. The molecule has 0 saturated carbocycles. The fourth-order valence-corrected chi connectivity index (χ4v) is 4.84. The SMILES string of the molecule is COCCNc1sc(C(C)(C)C(F)(F)F)nc1C(=N)OC(=N)NC1N=C(c2ccccc2)c2ccccc2NC1=O. The third kappa shape index (κ3) is 6.55. The number of benzene rings is 2. The molecule has 3 aromatic rings. The normalized spacial score (nSPS) is 15.2. The molecule has 4 rings (SSSR count). The average Bonchev–Trinajstić information content (AvgIpc) is 3.31. The lowest BCUT2D eigenvalue weighted by Gasteiger charge is -2.25. The number of carbonyl (C=O) groups is 1. The van der Waals surface area contributed by atoms with Crippen LogP contribution in [0, 0.1) is 10.8 Å². The summed E-state index contributed by atoms with van der Waals surface area (Å²) in [5, 5.41) is 24.8. The molecule has 1 atom stereocenters. The first-order valence-electron chi connectivity index (χ1n) is 12.4. The summed E-state index contributed by atoms with van der Waals surface area (Å²) in [6, 6.07) is 15.6. The first kappa shape index (κ1) is 29.7. The van der Waals surface area contributed by atoms with E-state index in [4.69, 9.17) is 20.3 Å². The number of hydrogen-bond acceptors (Lipinski definition) is 9. The van der Waals surface area contributed by atoms with E-state index >= 15 is 0 Å². The molecule has 0 aliphatic carbocycles. The molecule has 216 valence electrons. The fourth-order valence-electron chi connectivity index (χ4n) is 3.73. The summed E-state index contributed by atoms with van der Waals surface area (Å²) in [6.45, 7) is 2.48. The molecular formula is C27H28F3N7O3S. The Labute approximate surface area is 238 Å². The van der Waals surface area contributed by atoms with E-state index in [2.05, 4.69) is 25.9 Å². The van der Waals surface area contributed by atoms with Crippen LogP contribution in [-0.4, -0.2) is 61.1 Å². The number of halogens is 3. The molecule has 0 bridgehead atoms. The van der Waals surface area contributed by atoms with Gasteiger partial charge in [0, 0.05) is 24.8 Å². The van der Waals surface area contributed by atoms with Crippen molar-refractivity contribution < 1.29 is 27.4 Å². The molecular weight excluding hydrogens is 559 g/mol. The van der Waals surface area contributed by atoms with E-state index in [9.17, 15) is 18.0 Å². The number of alkyl halides is 3. The van der Waals surface area contributed by atoms with Crippen molar-refractivity contribution in [2.24, 2.45) is 4.99 Å². The maximum absolute atomic E-state index is 13.7. The Balaban J connectivity index is 1.58. The molecule has 41 heavy (non-hydrogen) atoms. The number of nitrogens with one attached hydrogen (secondary N) is 5. The molecule has 1 aliphatic heterocycles. The first-order chi connectivity index (χ1) is 19.4. The van der Waals surface area contributed by atoms with Crippen LogP contribution in [0.1, 0.15) is 35.7 Å². The Morgan fingerprint density at radius 3 is 2.46 bits per heavy atom. The highest BCUT2D eigenvalue weighted by molar-refractivity contribution is 7.16. The van der Waals surface area contributed by atoms with Crippen LogP contribution >= 0.6 is 11.3 Å². The number of aliphatic imine (C=N–C) groups is 1. The fraction of sp³-hybridized carbons (Fsp3) is 0.296. The second-order valence-electron chi connectivity index (χ2n) is 9.42. The zero-order valence-corrected chi connectivity index (χ0v) is 23.2. The number of amidine groups is 1. The van der Waals surface area contributed by atoms with Crippen LogP contribution in [0.5, 0.6) is 0 Å². The predicted molar refractivity (Wildman–Crippen MR) is 151 cm³/mol. The van der Waals surface area contributed by atoms with Gasteiger partial charge in [0.25, 0.3) is 11.9 Å². The summed E-state index contributed by atoms with van der Waals surface area (Å²) in [4.78, 5) is 21.6. The zero-order valence-electron chi connectivity index (χ0n) is 22.3. The van der Waals surface area contributed by atoms with E-state index in [0.717, 1.165) is 30.7 Å². The van der Waals surface area contributed by atoms with Crippen molar-refractivity contribution in [1.82, 2.24) is 10.3 Å². The van der Waals surface area contributed by atoms with Crippen LogP contribution < -0.4 is 16.0 Å². The van der Waals surface area contributed by atoms with Gasteiger partial charge in [-0.05, 0) is 19.9 Å². The first-order valence-corrected chi connectivity index (χ1v) is 13.2. The Morgan fingerprint density at radius 1 is 1.10 bits per heavy atom. The van der Waals surface area contributed by atoms with Crippen molar-refractivity contribution in [3.63, 3.8) is 0 Å². The maximum Gasteiger partial charge on any atom is 0.400 e. The number of hydrogen-bond donors (Lipinski definition) is 5. The Kier molecular flexibility index (Phi) is 8.73. The van der Waals surface area contributed by atoms with Crippen LogP contribution in [0.2, 0.25) is 0 Å². The van der Waals surface area contributed by atoms with Crippen LogP contribution in [0.25, 0.3) is 0 Å². The number of ether oxygens (including phenoxy) is 2. The lowest BCUT2D eigenvalue weighted by molar-refractivity contribution is -0.180. The van der Waals surface area contributed by atoms with Crippen LogP contribution in [-0.2, 0) is 19.7 Å². The number of anilines is 2. The van der Waals surface area contributed by atoms with Gasteiger partial charge in [0.1, 0.15) is 15.4 Å². The Morgan fingerprint density at radius 2 is 1.78 bits per heavy atom. The molecule has 10 nitrogen and oxygen atoms in total. The summed E-state index contributed by atoms with van der Waals surface area (Å²) < 4.78 is 51.4. The topological polar surface area (TPSA) is 145 Å². The largest absolute Gasteiger partial charge is 0.405 e. The molecule has 2 heterocycles. The van der Waals surface area contributed by atoms with E-state index in [-0.39, 0.29) is 28.9 Å². The molecule has 0 fully saturated rings. The number of amides is 1. The molecule has 1 aromatic heterocycles. The number of benzodiazepines with no additional fused rings is 1. The monoisotopic (exact) mass is 587 g/mol. The molecule has 0 radical (unpaired) electrons. The summed E-state index contributed by atoms with van der Waals surface area (Å²) in [7, 11) is 1.47. The average molecular weight is 588 g/mol. The van der Waals surface area contributed by atoms with E-state index in [0.29, 0.717) is 17.0 Å². The van der Waals surface area contributed by atoms with Crippen molar-refractivity contribution in [2.45, 2.75) is 31.6 Å².